The van der Waals surface area contributed by atoms with E-state index in [4.69, 9.17) is 4.52 Å². The lowest BCUT2D eigenvalue weighted by atomic mass is 10.2. The maximum Gasteiger partial charge on any atom is 0.226 e. The van der Waals surface area contributed by atoms with E-state index in [1.165, 1.54) is 0 Å². The van der Waals surface area contributed by atoms with Crippen molar-refractivity contribution >= 4 is 15.7 Å². The highest BCUT2D eigenvalue weighted by molar-refractivity contribution is 7.91. The number of hydrogen-bond acceptors (Lipinski definition) is 6. The Morgan fingerprint density at radius 2 is 2.25 bits per heavy atom. The van der Waals surface area contributed by atoms with Crippen LogP contribution < -0.4 is 0 Å². The molecule has 0 aliphatic carbocycles. The van der Waals surface area contributed by atoms with Crippen molar-refractivity contribution in [1.82, 2.24) is 15.0 Å². The minimum atomic E-state index is -2.96. The number of aryl methyl sites for hydroxylation is 2. The van der Waals surface area contributed by atoms with E-state index in [0.29, 0.717) is 37.4 Å². The van der Waals surface area contributed by atoms with Crippen LogP contribution in [0.4, 0.5) is 0 Å². The van der Waals surface area contributed by atoms with E-state index in [-0.39, 0.29) is 23.5 Å². The molecule has 7 nitrogen and oxygen atoms in total. The molecule has 0 spiro atoms. The molecule has 0 aromatic carbocycles. The number of rotatable bonds is 5. The van der Waals surface area contributed by atoms with Crippen molar-refractivity contribution < 1.29 is 17.7 Å². The topological polar surface area (TPSA) is 93.4 Å². The molecule has 1 saturated heterocycles. The lowest BCUT2D eigenvalue weighted by Crippen LogP contribution is -2.37. The normalized spacial score (nSPS) is 21.0. The summed E-state index contributed by atoms with van der Waals surface area (Å²) in [5.74, 6) is 1.33. The lowest BCUT2D eigenvalue weighted by Gasteiger charge is -2.23. The largest absolute Gasteiger partial charge is 0.342 e. The van der Waals surface area contributed by atoms with Crippen LogP contribution in [0.3, 0.4) is 0 Å². The first kappa shape index (κ1) is 15.0. The van der Waals surface area contributed by atoms with Gasteiger partial charge >= 0.3 is 0 Å². The van der Waals surface area contributed by atoms with Gasteiger partial charge in [-0.1, -0.05) is 5.16 Å². The Hall–Kier alpha value is -1.44. The molecule has 1 aliphatic heterocycles. The number of nitrogens with zero attached hydrogens (tertiary/aromatic N) is 3. The van der Waals surface area contributed by atoms with E-state index in [9.17, 15) is 13.2 Å². The quantitative estimate of drug-likeness (QED) is 0.779. The molecule has 2 heterocycles. The summed E-state index contributed by atoms with van der Waals surface area (Å²) in [4.78, 5) is 17.6. The highest BCUT2D eigenvalue weighted by Gasteiger charge is 2.32. The van der Waals surface area contributed by atoms with Crippen LogP contribution >= 0.6 is 0 Å². The zero-order chi connectivity index (χ0) is 14.8. The van der Waals surface area contributed by atoms with Crippen LogP contribution in [0, 0.1) is 6.92 Å². The third-order valence-electron chi connectivity index (χ3n) is 3.50. The first-order valence-electron chi connectivity index (χ1n) is 6.62. The summed E-state index contributed by atoms with van der Waals surface area (Å²) < 4.78 is 27.8. The Balaban J connectivity index is 1.77. The van der Waals surface area contributed by atoms with E-state index in [0.717, 1.165) is 0 Å². The average Bonchev–Trinajstić information content (AvgIpc) is 2.94. The molecular formula is C12H19N3O4S. The van der Waals surface area contributed by atoms with E-state index in [1.807, 2.05) is 0 Å². The van der Waals surface area contributed by atoms with Crippen molar-refractivity contribution in [2.24, 2.45) is 0 Å². The molecule has 0 N–H and O–H groups in total. The molecule has 1 atom stereocenters. The number of carbonyl (C=O) groups is 1. The molecular weight excluding hydrogens is 282 g/mol. The molecule has 0 bridgehead atoms. The summed E-state index contributed by atoms with van der Waals surface area (Å²) in [6.07, 6.45) is 2.07. The number of amides is 1. The number of hydrogen-bond donors (Lipinski definition) is 0. The molecule has 1 aromatic heterocycles. The Bertz CT molecular complexity index is 581. The average molecular weight is 301 g/mol. The first-order valence-corrected chi connectivity index (χ1v) is 8.45. The van der Waals surface area contributed by atoms with Crippen molar-refractivity contribution in [3.05, 3.63) is 11.7 Å². The second-order valence-corrected chi connectivity index (χ2v) is 7.38. The molecule has 0 unspecified atom stereocenters. The standard InChI is InChI=1S/C12H19N3O4S/c1-9-13-11(19-14-9)4-3-5-12(16)15(2)10-6-7-20(17,18)8-10/h10H,3-8H2,1-2H3/t10-/m1/s1. The molecule has 112 valence electrons. The second kappa shape index (κ2) is 5.90. The van der Waals surface area contributed by atoms with Crippen LogP contribution in [0.25, 0.3) is 0 Å². The maximum absolute atomic E-state index is 12.0. The zero-order valence-corrected chi connectivity index (χ0v) is 12.5. The summed E-state index contributed by atoms with van der Waals surface area (Å²) in [6, 6.07) is -0.182. The molecule has 0 saturated carbocycles. The minimum Gasteiger partial charge on any atom is -0.342 e. The van der Waals surface area contributed by atoms with E-state index in [2.05, 4.69) is 10.1 Å². The van der Waals surface area contributed by atoms with Crippen LogP contribution in [0.1, 0.15) is 31.0 Å². The summed E-state index contributed by atoms with van der Waals surface area (Å²) >= 11 is 0. The van der Waals surface area contributed by atoms with Crippen molar-refractivity contribution in [1.29, 1.82) is 0 Å². The van der Waals surface area contributed by atoms with Crippen LogP contribution in [-0.2, 0) is 21.1 Å². The van der Waals surface area contributed by atoms with Gasteiger partial charge in [0.15, 0.2) is 15.7 Å². The molecule has 8 heteroatoms. The summed E-state index contributed by atoms with van der Waals surface area (Å²) in [5, 5.41) is 3.68. The van der Waals surface area contributed by atoms with Gasteiger partial charge in [-0.3, -0.25) is 4.79 Å². The summed E-state index contributed by atoms with van der Waals surface area (Å²) in [6.45, 7) is 1.74. The predicted octanol–water partition coefficient (Wildman–Crippen LogP) is 0.346. The van der Waals surface area contributed by atoms with Gasteiger partial charge in [0.2, 0.25) is 11.8 Å². The Kier molecular flexibility index (Phi) is 4.42. The highest BCUT2D eigenvalue weighted by atomic mass is 32.2. The van der Waals surface area contributed by atoms with Gasteiger partial charge in [0.25, 0.3) is 0 Å². The van der Waals surface area contributed by atoms with Gasteiger partial charge in [-0.2, -0.15) is 4.98 Å². The third-order valence-corrected chi connectivity index (χ3v) is 5.25. The maximum atomic E-state index is 12.0. The summed E-state index contributed by atoms with van der Waals surface area (Å²) in [5.41, 5.74) is 0. The van der Waals surface area contributed by atoms with Crippen LogP contribution in [0.2, 0.25) is 0 Å². The van der Waals surface area contributed by atoms with E-state index < -0.39 is 9.84 Å². The third kappa shape index (κ3) is 3.78. The van der Waals surface area contributed by atoms with Crippen LogP contribution in [-0.4, -0.2) is 54.0 Å². The zero-order valence-electron chi connectivity index (χ0n) is 11.7. The SMILES string of the molecule is Cc1noc(CCCC(=O)N(C)[C@@H]2CCS(=O)(=O)C2)n1. The van der Waals surface area contributed by atoms with Gasteiger partial charge in [-0.05, 0) is 19.8 Å². The van der Waals surface area contributed by atoms with E-state index >= 15 is 0 Å². The number of carbonyl (C=O) groups excluding carboxylic acids is 1. The van der Waals surface area contributed by atoms with Gasteiger partial charge in [-0.25, -0.2) is 8.42 Å². The highest BCUT2D eigenvalue weighted by Crippen LogP contribution is 2.17. The fourth-order valence-electron chi connectivity index (χ4n) is 2.29. The van der Waals surface area contributed by atoms with Gasteiger partial charge in [0.05, 0.1) is 11.5 Å². The molecule has 1 fully saturated rings. The lowest BCUT2D eigenvalue weighted by molar-refractivity contribution is -0.131. The van der Waals surface area contributed by atoms with Crippen LogP contribution in [0.15, 0.2) is 4.52 Å². The fourth-order valence-corrected chi connectivity index (χ4v) is 4.07. The second-order valence-electron chi connectivity index (χ2n) is 5.15. The first-order chi connectivity index (χ1) is 9.37. The van der Waals surface area contributed by atoms with Gasteiger partial charge in [-0.15, -0.1) is 0 Å². The molecule has 20 heavy (non-hydrogen) atoms. The Morgan fingerprint density at radius 3 is 2.80 bits per heavy atom. The number of sulfone groups is 1. The monoisotopic (exact) mass is 301 g/mol. The smallest absolute Gasteiger partial charge is 0.226 e. The molecule has 1 amide bonds. The predicted molar refractivity (Wildman–Crippen MR) is 71.8 cm³/mol. The Labute approximate surface area is 118 Å². The molecule has 1 aromatic rings. The van der Waals surface area contributed by atoms with E-state index in [1.54, 1.807) is 18.9 Å². The van der Waals surface area contributed by atoms with Gasteiger partial charge in [0.1, 0.15) is 0 Å². The minimum absolute atomic E-state index is 0.0386. The van der Waals surface area contributed by atoms with Crippen molar-refractivity contribution in [2.45, 2.75) is 38.6 Å². The number of aromatic nitrogens is 2. The van der Waals surface area contributed by atoms with Crippen molar-refractivity contribution in [3.8, 4) is 0 Å². The van der Waals surface area contributed by atoms with Crippen molar-refractivity contribution in [2.75, 3.05) is 18.6 Å². The van der Waals surface area contributed by atoms with Crippen molar-refractivity contribution in [3.63, 3.8) is 0 Å². The molecule has 2 rings (SSSR count). The Morgan fingerprint density at radius 1 is 1.50 bits per heavy atom. The fraction of sp³-hybridized carbons (Fsp3) is 0.750. The molecule has 1 aliphatic rings. The molecule has 0 radical (unpaired) electrons. The summed E-state index contributed by atoms with van der Waals surface area (Å²) in [7, 11) is -1.29. The van der Waals surface area contributed by atoms with Crippen LogP contribution in [0.5, 0.6) is 0 Å². The van der Waals surface area contributed by atoms with Gasteiger partial charge < -0.3 is 9.42 Å². The van der Waals surface area contributed by atoms with Gasteiger partial charge in [0, 0.05) is 25.9 Å².